The number of hydrogen-bond donors (Lipinski definition) is 4. The van der Waals surface area contributed by atoms with Gasteiger partial charge in [0, 0.05) is 24.1 Å². The first-order valence-corrected chi connectivity index (χ1v) is 6.51. The molecule has 0 saturated heterocycles. The number of nitrogens with one attached hydrogen (secondary N) is 2. The van der Waals surface area contributed by atoms with E-state index in [4.69, 9.17) is 10.8 Å². The normalized spacial score (nSPS) is 11.2. The van der Waals surface area contributed by atoms with Gasteiger partial charge in [-0.1, -0.05) is 18.2 Å². The molecular weight excluding hydrogens is 292 g/mol. The summed E-state index contributed by atoms with van der Waals surface area (Å²) < 4.78 is 0. The number of aliphatic hydroxyl groups excluding tert-OH is 1. The molecule has 1 amide bonds. The van der Waals surface area contributed by atoms with E-state index >= 15 is 0 Å². The Bertz CT molecular complexity index is 591. The van der Waals surface area contributed by atoms with Crippen LogP contribution in [-0.4, -0.2) is 35.1 Å². The minimum atomic E-state index is -0.409. The Morgan fingerprint density at radius 3 is 2.81 bits per heavy atom. The van der Waals surface area contributed by atoms with Crippen molar-refractivity contribution < 1.29 is 9.90 Å². The van der Waals surface area contributed by atoms with Gasteiger partial charge < -0.3 is 21.1 Å². The summed E-state index contributed by atoms with van der Waals surface area (Å²) in [7, 11) is 0. The van der Waals surface area contributed by atoms with Gasteiger partial charge in [0.1, 0.15) is 5.69 Å². The number of nitrogens with zero attached hydrogens (tertiary/aromatic N) is 1. The maximum absolute atomic E-state index is 11.9. The van der Waals surface area contributed by atoms with Crippen molar-refractivity contribution in [3.8, 4) is 0 Å². The van der Waals surface area contributed by atoms with E-state index in [0.717, 1.165) is 17.3 Å². The molecule has 114 valence electrons. The molecule has 0 unspecified atom stereocenters. The number of carbonyl (C=O) groups is 1. The number of aromatic nitrogens is 1. The van der Waals surface area contributed by atoms with Gasteiger partial charge in [0.25, 0.3) is 5.91 Å². The number of rotatable bonds is 5. The van der Waals surface area contributed by atoms with Crippen molar-refractivity contribution in [1.29, 1.82) is 0 Å². The molecular formula is C14H19ClN4O2. The second kappa shape index (κ2) is 8.28. The average molecular weight is 311 g/mol. The molecule has 0 aliphatic rings. The van der Waals surface area contributed by atoms with Crippen LogP contribution < -0.4 is 11.1 Å². The summed E-state index contributed by atoms with van der Waals surface area (Å²) in [6.45, 7) is 0.725. The SMILES string of the molecule is Cl.NC(=NC(=O)c1cc2ccccc2[nH]1)NCCCCO. The van der Waals surface area contributed by atoms with Gasteiger partial charge in [0.15, 0.2) is 5.96 Å². The molecule has 0 aliphatic carbocycles. The minimum absolute atomic E-state index is 0. The Labute approximate surface area is 128 Å². The summed E-state index contributed by atoms with van der Waals surface area (Å²) in [6.07, 6.45) is 1.46. The number of fused-ring (bicyclic) bond motifs is 1. The summed E-state index contributed by atoms with van der Waals surface area (Å²) in [5.41, 5.74) is 6.93. The highest BCUT2D eigenvalue weighted by molar-refractivity contribution is 6.03. The average Bonchev–Trinajstić information content (AvgIpc) is 2.87. The molecule has 0 saturated carbocycles. The fraction of sp³-hybridized carbons (Fsp3) is 0.286. The number of hydrogen-bond acceptors (Lipinski definition) is 2. The largest absolute Gasteiger partial charge is 0.396 e. The molecule has 5 N–H and O–H groups in total. The predicted octanol–water partition coefficient (Wildman–Crippen LogP) is 1.41. The standard InChI is InChI=1S/C14H18N4O2.ClH/c15-14(16-7-3-4-8-19)18-13(20)12-9-10-5-1-2-6-11(10)17-12;/h1-2,5-6,9,17,19H,3-4,7-8H2,(H3,15,16,18,20);1H. The lowest BCUT2D eigenvalue weighted by Crippen LogP contribution is -2.33. The molecule has 21 heavy (non-hydrogen) atoms. The van der Waals surface area contributed by atoms with Gasteiger partial charge in [-0.3, -0.25) is 4.79 Å². The number of carbonyl (C=O) groups excluding carboxylic acids is 1. The summed E-state index contributed by atoms with van der Waals surface area (Å²) in [4.78, 5) is 18.7. The number of aliphatic imine (C=N–C) groups is 1. The van der Waals surface area contributed by atoms with E-state index in [9.17, 15) is 4.79 Å². The van der Waals surface area contributed by atoms with Gasteiger partial charge in [0.05, 0.1) is 0 Å². The topological polar surface area (TPSA) is 104 Å². The van der Waals surface area contributed by atoms with Crippen LogP contribution in [0, 0.1) is 0 Å². The highest BCUT2D eigenvalue weighted by Crippen LogP contribution is 2.15. The molecule has 0 fully saturated rings. The number of guanidine groups is 1. The van der Waals surface area contributed by atoms with Crippen LogP contribution in [0.5, 0.6) is 0 Å². The molecule has 0 atom stereocenters. The number of benzene rings is 1. The lowest BCUT2D eigenvalue weighted by atomic mass is 10.2. The highest BCUT2D eigenvalue weighted by Gasteiger charge is 2.08. The molecule has 2 rings (SSSR count). The number of H-pyrrole nitrogens is 1. The van der Waals surface area contributed by atoms with Gasteiger partial charge in [-0.25, -0.2) is 0 Å². The highest BCUT2D eigenvalue weighted by atomic mass is 35.5. The molecule has 0 aliphatic heterocycles. The molecule has 1 aromatic carbocycles. The van der Waals surface area contributed by atoms with E-state index < -0.39 is 5.91 Å². The molecule has 1 heterocycles. The summed E-state index contributed by atoms with van der Waals surface area (Å²) >= 11 is 0. The quantitative estimate of drug-likeness (QED) is 0.381. The Morgan fingerprint density at radius 1 is 1.33 bits per heavy atom. The van der Waals surface area contributed by atoms with Crippen molar-refractivity contribution in [2.75, 3.05) is 13.2 Å². The first-order chi connectivity index (χ1) is 9.70. The first-order valence-electron chi connectivity index (χ1n) is 6.51. The number of para-hydroxylation sites is 1. The zero-order valence-electron chi connectivity index (χ0n) is 11.5. The van der Waals surface area contributed by atoms with Gasteiger partial charge in [-0.2, -0.15) is 4.99 Å². The summed E-state index contributed by atoms with van der Waals surface area (Å²) in [5.74, 6) is -0.319. The van der Waals surface area contributed by atoms with Crippen LogP contribution in [-0.2, 0) is 0 Å². The van der Waals surface area contributed by atoms with Crippen LogP contribution in [0.15, 0.2) is 35.3 Å². The van der Waals surface area contributed by atoms with Gasteiger partial charge >= 0.3 is 0 Å². The lowest BCUT2D eigenvalue weighted by molar-refractivity contribution is 0.0998. The Hall–Kier alpha value is -2.05. The monoisotopic (exact) mass is 310 g/mol. The van der Waals surface area contributed by atoms with Crippen LogP contribution in [0.2, 0.25) is 0 Å². The molecule has 0 radical (unpaired) electrons. The third-order valence-corrected chi connectivity index (χ3v) is 2.87. The smallest absolute Gasteiger partial charge is 0.296 e. The van der Waals surface area contributed by atoms with Crippen molar-refractivity contribution in [3.05, 3.63) is 36.0 Å². The van der Waals surface area contributed by atoms with E-state index in [2.05, 4.69) is 15.3 Å². The van der Waals surface area contributed by atoms with Crippen molar-refractivity contribution in [2.24, 2.45) is 10.7 Å². The van der Waals surface area contributed by atoms with Gasteiger partial charge in [0.2, 0.25) is 0 Å². The lowest BCUT2D eigenvalue weighted by Gasteiger charge is -2.03. The zero-order chi connectivity index (χ0) is 14.4. The molecule has 7 heteroatoms. The summed E-state index contributed by atoms with van der Waals surface area (Å²) in [5, 5.41) is 12.4. The summed E-state index contributed by atoms with van der Waals surface area (Å²) in [6, 6.07) is 9.37. The van der Waals surface area contributed by atoms with Gasteiger partial charge in [-0.05, 0) is 25.0 Å². The molecule has 6 nitrogen and oxygen atoms in total. The maximum atomic E-state index is 11.9. The van der Waals surface area contributed by atoms with Crippen molar-refractivity contribution in [1.82, 2.24) is 10.3 Å². The zero-order valence-corrected chi connectivity index (χ0v) is 12.3. The van der Waals surface area contributed by atoms with E-state index in [1.165, 1.54) is 0 Å². The van der Waals surface area contributed by atoms with E-state index in [0.29, 0.717) is 18.7 Å². The maximum Gasteiger partial charge on any atom is 0.296 e. The Morgan fingerprint density at radius 2 is 2.10 bits per heavy atom. The number of halogens is 1. The van der Waals surface area contributed by atoms with Crippen molar-refractivity contribution in [3.63, 3.8) is 0 Å². The fourth-order valence-corrected chi connectivity index (χ4v) is 1.85. The van der Waals surface area contributed by atoms with Crippen LogP contribution in [0.4, 0.5) is 0 Å². The minimum Gasteiger partial charge on any atom is -0.396 e. The molecule has 1 aromatic heterocycles. The fourth-order valence-electron chi connectivity index (χ4n) is 1.85. The van der Waals surface area contributed by atoms with E-state index in [-0.39, 0.29) is 25.0 Å². The van der Waals surface area contributed by atoms with Crippen molar-refractivity contribution >= 4 is 35.2 Å². The first kappa shape index (κ1) is 17.0. The number of aromatic amines is 1. The third-order valence-electron chi connectivity index (χ3n) is 2.87. The second-order valence-electron chi connectivity index (χ2n) is 4.43. The number of aliphatic hydroxyl groups is 1. The second-order valence-corrected chi connectivity index (χ2v) is 4.43. The molecule has 0 spiro atoms. The third kappa shape index (κ3) is 4.77. The van der Waals surface area contributed by atoms with Crippen LogP contribution >= 0.6 is 12.4 Å². The van der Waals surface area contributed by atoms with Crippen molar-refractivity contribution in [2.45, 2.75) is 12.8 Å². The number of unbranched alkanes of at least 4 members (excludes halogenated alkanes) is 1. The van der Waals surface area contributed by atoms with Crippen LogP contribution in [0.3, 0.4) is 0 Å². The van der Waals surface area contributed by atoms with Crippen LogP contribution in [0.1, 0.15) is 23.3 Å². The number of nitrogens with two attached hydrogens (primary N) is 1. The van der Waals surface area contributed by atoms with E-state index in [1.807, 2.05) is 24.3 Å². The number of amides is 1. The van der Waals surface area contributed by atoms with Gasteiger partial charge in [-0.15, -0.1) is 12.4 Å². The molecule has 2 aromatic rings. The molecule has 0 bridgehead atoms. The predicted molar refractivity (Wildman–Crippen MR) is 85.8 cm³/mol. The van der Waals surface area contributed by atoms with Crippen LogP contribution in [0.25, 0.3) is 10.9 Å². The van der Waals surface area contributed by atoms with E-state index in [1.54, 1.807) is 6.07 Å². The Kier molecular flexibility index (Phi) is 6.71. The Balaban J connectivity index is 0.00000220.